The lowest BCUT2D eigenvalue weighted by atomic mass is 9.90. The summed E-state index contributed by atoms with van der Waals surface area (Å²) in [6.45, 7) is 2.45. The van der Waals surface area contributed by atoms with E-state index in [0.717, 1.165) is 31.5 Å². The number of carbonyl (C=O) groups is 1. The predicted octanol–water partition coefficient (Wildman–Crippen LogP) is 2.91. The zero-order valence-electron chi connectivity index (χ0n) is 13.4. The molecule has 1 aliphatic heterocycles. The zero-order valence-corrected chi connectivity index (χ0v) is 14.1. The minimum Gasteiger partial charge on any atom is -0.329 e. The number of aromatic nitrogens is 2. The third-order valence-corrected chi connectivity index (χ3v) is 4.84. The van der Waals surface area contributed by atoms with Gasteiger partial charge in [-0.15, -0.1) is 0 Å². The Kier molecular flexibility index (Phi) is 5.43. The molecule has 24 heavy (non-hydrogen) atoms. The molecule has 0 aromatic carbocycles. The van der Waals surface area contributed by atoms with Gasteiger partial charge in [-0.3, -0.25) is 14.5 Å². The molecular weight excluding hydrogens is 326 g/mol. The molecule has 1 N–H and O–H groups in total. The van der Waals surface area contributed by atoms with Gasteiger partial charge in [-0.25, -0.2) is 4.98 Å². The number of Topliss-reactive ketones (excluding diaryl/α,β-unsaturated/α-hetero) is 1. The van der Waals surface area contributed by atoms with E-state index in [-0.39, 0.29) is 16.5 Å². The summed E-state index contributed by atoms with van der Waals surface area (Å²) in [5, 5.41) is 0.281. The maximum atomic E-state index is 12.4. The second-order valence-corrected chi connectivity index (χ2v) is 6.57. The lowest BCUT2D eigenvalue weighted by Crippen LogP contribution is -2.35. The molecule has 1 fully saturated rings. The van der Waals surface area contributed by atoms with Crippen molar-refractivity contribution in [1.29, 1.82) is 0 Å². The van der Waals surface area contributed by atoms with Crippen molar-refractivity contribution >= 4 is 17.4 Å². The van der Waals surface area contributed by atoms with E-state index in [1.54, 1.807) is 24.5 Å². The van der Waals surface area contributed by atoms with Gasteiger partial charge in [0.25, 0.3) is 5.56 Å². The van der Waals surface area contributed by atoms with Crippen molar-refractivity contribution in [3.05, 3.63) is 63.3 Å². The van der Waals surface area contributed by atoms with Gasteiger partial charge in [0.15, 0.2) is 5.78 Å². The van der Waals surface area contributed by atoms with E-state index >= 15 is 0 Å². The van der Waals surface area contributed by atoms with Gasteiger partial charge in [-0.1, -0.05) is 17.7 Å². The number of rotatable bonds is 5. The first kappa shape index (κ1) is 16.9. The number of halogens is 1. The number of hydrogen-bond acceptors (Lipinski definition) is 4. The van der Waals surface area contributed by atoms with E-state index in [1.807, 2.05) is 12.1 Å². The highest BCUT2D eigenvalue weighted by Crippen LogP contribution is 2.24. The van der Waals surface area contributed by atoms with Gasteiger partial charge in [0.2, 0.25) is 0 Å². The molecule has 0 radical (unpaired) electrons. The molecule has 1 aliphatic rings. The van der Waals surface area contributed by atoms with Gasteiger partial charge in [0, 0.05) is 30.9 Å². The molecule has 2 aromatic heterocycles. The number of ketones is 1. The Morgan fingerprint density at radius 3 is 2.79 bits per heavy atom. The lowest BCUT2D eigenvalue weighted by molar-refractivity contribution is 0.0924. The second kappa shape index (κ2) is 7.73. The fourth-order valence-electron chi connectivity index (χ4n) is 3.14. The highest BCUT2D eigenvalue weighted by atomic mass is 35.5. The minimum atomic E-state index is -0.0268. The van der Waals surface area contributed by atoms with Crippen molar-refractivity contribution in [2.24, 2.45) is 5.92 Å². The maximum absolute atomic E-state index is 12.4. The average molecular weight is 346 g/mol. The highest BCUT2D eigenvalue weighted by molar-refractivity contribution is 6.32. The fourth-order valence-corrected chi connectivity index (χ4v) is 3.36. The molecule has 0 unspecified atom stereocenters. The van der Waals surface area contributed by atoms with Gasteiger partial charge in [-0.05, 0) is 50.0 Å². The minimum absolute atomic E-state index is 0.0268. The maximum Gasteiger partial charge on any atom is 0.252 e. The van der Waals surface area contributed by atoms with Crippen LogP contribution in [0.15, 0.2) is 41.5 Å². The van der Waals surface area contributed by atoms with Crippen LogP contribution in [0.5, 0.6) is 0 Å². The summed E-state index contributed by atoms with van der Waals surface area (Å²) >= 11 is 5.99. The zero-order chi connectivity index (χ0) is 16.9. The Balaban J connectivity index is 1.52. The van der Waals surface area contributed by atoms with Crippen molar-refractivity contribution in [2.45, 2.75) is 25.8 Å². The normalized spacial score (nSPS) is 16.2. The number of aromatic amines is 1. The molecule has 3 rings (SSSR count). The topological polar surface area (TPSA) is 66.1 Å². The first-order valence-electron chi connectivity index (χ1n) is 8.16. The quantitative estimate of drug-likeness (QED) is 0.668. The number of piperidine rings is 1. The highest BCUT2D eigenvalue weighted by Gasteiger charge is 2.23. The molecule has 6 heteroatoms. The van der Waals surface area contributed by atoms with E-state index in [0.29, 0.717) is 24.4 Å². The van der Waals surface area contributed by atoms with Crippen LogP contribution in [0.2, 0.25) is 5.15 Å². The Labute approximate surface area is 145 Å². The van der Waals surface area contributed by atoms with Crippen LogP contribution in [0.4, 0.5) is 0 Å². The molecule has 0 aliphatic carbocycles. The van der Waals surface area contributed by atoms with Gasteiger partial charge < -0.3 is 4.98 Å². The largest absolute Gasteiger partial charge is 0.329 e. The Hall–Kier alpha value is -1.98. The van der Waals surface area contributed by atoms with Crippen molar-refractivity contribution in [1.82, 2.24) is 14.9 Å². The number of likely N-dealkylation sites (tertiary alicyclic amines) is 1. The van der Waals surface area contributed by atoms with Gasteiger partial charge in [-0.2, -0.15) is 0 Å². The van der Waals surface area contributed by atoms with Gasteiger partial charge >= 0.3 is 0 Å². The number of hydrogen-bond donors (Lipinski definition) is 1. The Morgan fingerprint density at radius 1 is 1.29 bits per heavy atom. The van der Waals surface area contributed by atoms with Crippen molar-refractivity contribution in [3.63, 3.8) is 0 Å². The van der Waals surface area contributed by atoms with E-state index in [1.165, 1.54) is 0 Å². The summed E-state index contributed by atoms with van der Waals surface area (Å²) in [4.78, 5) is 33.0. The molecular formula is C18H20ClN3O2. The summed E-state index contributed by atoms with van der Waals surface area (Å²) < 4.78 is 0. The van der Waals surface area contributed by atoms with Crippen LogP contribution in [0, 0.1) is 5.92 Å². The summed E-state index contributed by atoms with van der Waals surface area (Å²) in [5.74, 6) is 0.421. The van der Waals surface area contributed by atoms with Crippen LogP contribution < -0.4 is 5.56 Å². The van der Waals surface area contributed by atoms with Crippen LogP contribution in [0.3, 0.4) is 0 Å². The molecule has 5 nitrogen and oxygen atoms in total. The van der Waals surface area contributed by atoms with Crippen LogP contribution in [-0.2, 0) is 6.54 Å². The summed E-state index contributed by atoms with van der Waals surface area (Å²) in [7, 11) is 0. The van der Waals surface area contributed by atoms with Crippen molar-refractivity contribution < 1.29 is 4.79 Å². The molecule has 126 valence electrons. The smallest absolute Gasteiger partial charge is 0.252 e. The third kappa shape index (κ3) is 4.10. The van der Waals surface area contributed by atoms with E-state index in [2.05, 4.69) is 14.9 Å². The van der Waals surface area contributed by atoms with E-state index < -0.39 is 0 Å². The number of carbonyl (C=O) groups excluding carboxylic acids is 1. The number of H-pyrrole nitrogens is 1. The van der Waals surface area contributed by atoms with Crippen molar-refractivity contribution in [2.75, 3.05) is 13.1 Å². The van der Waals surface area contributed by atoms with Crippen LogP contribution in [0.25, 0.3) is 0 Å². The van der Waals surface area contributed by atoms with E-state index in [4.69, 9.17) is 11.6 Å². The van der Waals surface area contributed by atoms with Crippen molar-refractivity contribution in [3.8, 4) is 0 Å². The fraction of sp³-hybridized carbons (Fsp3) is 0.389. The molecule has 0 amide bonds. The first-order valence-corrected chi connectivity index (χ1v) is 8.54. The SMILES string of the molecule is O=C(CC1CCN(Cc2ccc[nH]c2=O)CC1)c1cccnc1Cl. The molecule has 2 aromatic rings. The molecule has 3 heterocycles. The molecule has 1 saturated heterocycles. The standard InChI is InChI=1S/C18H20ClN3O2/c19-17-15(4-2-7-20-17)16(23)11-13-5-9-22(10-6-13)12-14-3-1-8-21-18(14)24/h1-4,7-8,13H,5-6,9-12H2,(H,21,24). The van der Waals surface area contributed by atoms with Crippen LogP contribution >= 0.6 is 11.6 Å². The second-order valence-electron chi connectivity index (χ2n) is 6.21. The van der Waals surface area contributed by atoms with E-state index in [9.17, 15) is 9.59 Å². The molecule has 0 bridgehead atoms. The first-order chi connectivity index (χ1) is 11.6. The Morgan fingerprint density at radius 2 is 2.08 bits per heavy atom. The third-order valence-electron chi connectivity index (χ3n) is 4.53. The summed E-state index contributed by atoms with van der Waals surface area (Å²) in [6, 6.07) is 7.17. The average Bonchev–Trinajstić information content (AvgIpc) is 2.59. The number of pyridine rings is 2. The van der Waals surface area contributed by atoms with Crippen LogP contribution in [-0.4, -0.2) is 33.7 Å². The van der Waals surface area contributed by atoms with Crippen LogP contribution in [0.1, 0.15) is 35.2 Å². The molecule has 0 saturated carbocycles. The van der Waals surface area contributed by atoms with Gasteiger partial charge in [0.05, 0.1) is 5.56 Å². The monoisotopic (exact) mass is 345 g/mol. The molecule has 0 spiro atoms. The lowest BCUT2D eigenvalue weighted by Gasteiger charge is -2.31. The Bertz CT molecular complexity index is 767. The number of nitrogens with one attached hydrogen (secondary N) is 1. The van der Waals surface area contributed by atoms with Gasteiger partial charge in [0.1, 0.15) is 5.15 Å². The number of nitrogens with zero attached hydrogens (tertiary/aromatic N) is 2. The predicted molar refractivity (Wildman–Crippen MR) is 93.3 cm³/mol. The summed E-state index contributed by atoms with van der Waals surface area (Å²) in [5.41, 5.74) is 1.27. The molecule has 0 atom stereocenters. The summed E-state index contributed by atoms with van der Waals surface area (Å²) in [6.07, 6.45) is 5.64.